The van der Waals surface area contributed by atoms with Gasteiger partial charge in [-0.15, -0.1) is 0 Å². The van der Waals surface area contributed by atoms with Gasteiger partial charge in [0.25, 0.3) is 0 Å². The molecular formula is C16H20O7. The highest BCUT2D eigenvalue weighted by atomic mass is 16.5. The molecule has 0 N–H and O–H groups in total. The summed E-state index contributed by atoms with van der Waals surface area (Å²) < 4.78 is 14.4. The monoisotopic (exact) mass is 324 g/mol. The minimum atomic E-state index is -1.32. The Morgan fingerprint density at radius 1 is 1.13 bits per heavy atom. The number of ether oxygens (including phenoxy) is 3. The average Bonchev–Trinajstić information content (AvgIpc) is 2.53. The molecule has 2 aliphatic rings. The molecule has 0 heterocycles. The molecule has 0 aromatic rings. The van der Waals surface area contributed by atoms with Crippen LogP contribution in [0, 0.1) is 11.3 Å². The van der Waals surface area contributed by atoms with Crippen molar-refractivity contribution in [3.05, 3.63) is 11.1 Å². The Bertz CT molecular complexity index is 589. The summed E-state index contributed by atoms with van der Waals surface area (Å²) in [6.07, 6.45) is 1.94. The summed E-state index contributed by atoms with van der Waals surface area (Å²) in [5.41, 5.74) is -1.47. The molecule has 0 bridgehead atoms. The normalized spacial score (nSPS) is 26.6. The van der Waals surface area contributed by atoms with Gasteiger partial charge in [0.1, 0.15) is 11.7 Å². The maximum atomic E-state index is 12.6. The smallest absolute Gasteiger partial charge is 0.335 e. The Labute approximate surface area is 133 Å². The Morgan fingerprint density at radius 2 is 1.83 bits per heavy atom. The van der Waals surface area contributed by atoms with Crippen LogP contribution in [0.25, 0.3) is 0 Å². The van der Waals surface area contributed by atoms with Crippen molar-refractivity contribution in [2.24, 2.45) is 11.3 Å². The lowest BCUT2D eigenvalue weighted by atomic mass is 9.50. The number of carbonyl (C=O) groups is 4. The average molecular weight is 324 g/mol. The Hall–Kier alpha value is -2.18. The van der Waals surface area contributed by atoms with E-state index in [-0.39, 0.29) is 30.0 Å². The van der Waals surface area contributed by atoms with Crippen molar-refractivity contribution in [3.8, 4) is 0 Å². The highest BCUT2D eigenvalue weighted by Crippen LogP contribution is 2.58. The van der Waals surface area contributed by atoms with Crippen LogP contribution in [-0.2, 0) is 33.4 Å². The summed E-state index contributed by atoms with van der Waals surface area (Å²) in [6, 6.07) is 0. The third kappa shape index (κ3) is 2.44. The first-order chi connectivity index (χ1) is 10.9. The Morgan fingerprint density at radius 3 is 2.35 bits per heavy atom. The van der Waals surface area contributed by atoms with Crippen LogP contribution < -0.4 is 0 Å². The molecule has 0 aromatic heterocycles. The van der Waals surface area contributed by atoms with Crippen molar-refractivity contribution in [3.63, 3.8) is 0 Å². The molecule has 126 valence electrons. The van der Waals surface area contributed by atoms with Crippen LogP contribution in [0.5, 0.6) is 0 Å². The van der Waals surface area contributed by atoms with Crippen LogP contribution in [0.3, 0.4) is 0 Å². The molecule has 1 spiro atoms. The fourth-order valence-corrected chi connectivity index (χ4v) is 3.58. The van der Waals surface area contributed by atoms with E-state index in [2.05, 4.69) is 4.74 Å². The maximum absolute atomic E-state index is 12.6. The Kier molecular flexibility index (Phi) is 4.87. The van der Waals surface area contributed by atoms with Crippen LogP contribution in [0.4, 0.5) is 0 Å². The zero-order chi connectivity index (χ0) is 17.2. The maximum Gasteiger partial charge on any atom is 0.335 e. The van der Waals surface area contributed by atoms with Gasteiger partial charge in [0.2, 0.25) is 0 Å². The summed E-state index contributed by atoms with van der Waals surface area (Å²) in [6.45, 7) is 1.73. The number of methoxy groups -OCH3 is 2. The van der Waals surface area contributed by atoms with Gasteiger partial charge in [-0.25, -0.2) is 9.59 Å². The minimum Gasteiger partial charge on any atom is -0.469 e. The van der Waals surface area contributed by atoms with Crippen molar-refractivity contribution in [2.75, 3.05) is 20.8 Å². The van der Waals surface area contributed by atoms with Gasteiger partial charge in [-0.1, -0.05) is 6.42 Å². The zero-order valence-corrected chi connectivity index (χ0v) is 13.5. The fraction of sp³-hybridized carbons (Fsp3) is 0.625. The van der Waals surface area contributed by atoms with E-state index in [1.54, 1.807) is 6.92 Å². The molecule has 7 nitrogen and oxygen atoms in total. The molecule has 2 atom stereocenters. The number of esters is 3. The first kappa shape index (κ1) is 17.2. The third-order valence-corrected chi connectivity index (χ3v) is 4.54. The summed E-state index contributed by atoms with van der Waals surface area (Å²) in [4.78, 5) is 49.2. The zero-order valence-electron chi connectivity index (χ0n) is 13.5. The van der Waals surface area contributed by atoms with E-state index >= 15 is 0 Å². The van der Waals surface area contributed by atoms with E-state index in [4.69, 9.17) is 9.47 Å². The minimum absolute atomic E-state index is 0.0358. The lowest BCUT2D eigenvalue weighted by Gasteiger charge is -2.49. The first-order valence-electron chi connectivity index (χ1n) is 7.56. The van der Waals surface area contributed by atoms with Gasteiger partial charge < -0.3 is 14.2 Å². The number of ketones is 1. The summed E-state index contributed by atoms with van der Waals surface area (Å²) in [5, 5.41) is 0. The van der Waals surface area contributed by atoms with Gasteiger partial charge in [0.15, 0.2) is 0 Å². The molecule has 0 saturated heterocycles. The Balaban J connectivity index is 2.63. The lowest BCUT2D eigenvalue weighted by molar-refractivity contribution is -0.162. The quantitative estimate of drug-likeness (QED) is 0.561. The van der Waals surface area contributed by atoms with Crippen LogP contribution >= 0.6 is 0 Å². The first-order valence-corrected chi connectivity index (χ1v) is 7.56. The van der Waals surface area contributed by atoms with E-state index in [1.165, 1.54) is 7.11 Å². The van der Waals surface area contributed by atoms with Gasteiger partial charge >= 0.3 is 17.9 Å². The van der Waals surface area contributed by atoms with E-state index in [0.29, 0.717) is 19.3 Å². The largest absolute Gasteiger partial charge is 0.469 e. The summed E-state index contributed by atoms with van der Waals surface area (Å²) >= 11 is 0. The number of hydrogen-bond donors (Lipinski definition) is 0. The summed E-state index contributed by atoms with van der Waals surface area (Å²) in [5.74, 6) is -3.61. The molecule has 7 heteroatoms. The van der Waals surface area contributed by atoms with Crippen molar-refractivity contribution < 1.29 is 33.4 Å². The van der Waals surface area contributed by atoms with Crippen molar-refractivity contribution in [1.29, 1.82) is 0 Å². The predicted octanol–water partition coefficient (Wildman–Crippen LogP) is 0.951. The number of hydrogen-bond acceptors (Lipinski definition) is 7. The SMILES string of the molecule is CCOC(=O)C1=C(C(=O)OC)[C@@H](C(=O)OC)[C@]12CCCCC2=O. The molecule has 0 radical (unpaired) electrons. The van der Waals surface area contributed by atoms with Gasteiger partial charge in [-0.3, -0.25) is 9.59 Å². The second kappa shape index (κ2) is 6.52. The van der Waals surface area contributed by atoms with E-state index in [0.717, 1.165) is 7.11 Å². The second-order valence-electron chi connectivity index (χ2n) is 5.56. The fourth-order valence-electron chi connectivity index (χ4n) is 3.58. The molecule has 23 heavy (non-hydrogen) atoms. The lowest BCUT2D eigenvalue weighted by Crippen LogP contribution is -2.58. The topological polar surface area (TPSA) is 96.0 Å². The van der Waals surface area contributed by atoms with Crippen LogP contribution in [0.1, 0.15) is 32.6 Å². The molecule has 0 unspecified atom stereocenters. The standard InChI is InChI=1S/C16H20O7/c1-4-23-15(20)12-10(13(18)21-2)11(14(19)22-3)16(12)8-6-5-7-9(16)17/h11H,4-8H2,1-3H3/t11-,16+/m0/s1. The molecule has 0 aliphatic heterocycles. The van der Waals surface area contributed by atoms with Crippen molar-refractivity contribution in [1.82, 2.24) is 0 Å². The molecule has 0 amide bonds. The molecule has 2 aliphatic carbocycles. The van der Waals surface area contributed by atoms with E-state index in [9.17, 15) is 19.2 Å². The van der Waals surface area contributed by atoms with E-state index in [1.807, 2.05) is 0 Å². The van der Waals surface area contributed by atoms with Gasteiger partial charge in [0, 0.05) is 6.42 Å². The number of carbonyl (C=O) groups excluding carboxylic acids is 4. The highest BCUT2D eigenvalue weighted by molar-refractivity contribution is 6.16. The molecular weight excluding hydrogens is 304 g/mol. The van der Waals surface area contributed by atoms with Gasteiger partial charge in [-0.05, 0) is 19.8 Å². The van der Waals surface area contributed by atoms with Crippen molar-refractivity contribution in [2.45, 2.75) is 32.6 Å². The third-order valence-electron chi connectivity index (χ3n) is 4.54. The van der Waals surface area contributed by atoms with Crippen LogP contribution in [0.15, 0.2) is 11.1 Å². The van der Waals surface area contributed by atoms with Gasteiger partial charge in [-0.2, -0.15) is 0 Å². The number of rotatable bonds is 4. The highest BCUT2D eigenvalue weighted by Gasteiger charge is 2.66. The molecule has 0 aromatic carbocycles. The summed E-state index contributed by atoms with van der Waals surface area (Å²) in [7, 11) is 2.33. The molecule has 1 fully saturated rings. The van der Waals surface area contributed by atoms with Gasteiger partial charge in [0.05, 0.1) is 37.4 Å². The van der Waals surface area contributed by atoms with Crippen molar-refractivity contribution >= 4 is 23.7 Å². The van der Waals surface area contributed by atoms with E-state index < -0.39 is 29.2 Å². The van der Waals surface area contributed by atoms with Crippen LogP contribution in [-0.4, -0.2) is 44.5 Å². The molecule has 1 saturated carbocycles. The van der Waals surface area contributed by atoms with Crippen LogP contribution in [0.2, 0.25) is 0 Å². The second-order valence-corrected chi connectivity index (χ2v) is 5.56. The predicted molar refractivity (Wildman–Crippen MR) is 77.1 cm³/mol. The number of Topliss-reactive ketones (excluding diaryl/α,β-unsaturated/α-hetero) is 1. The molecule has 2 rings (SSSR count).